The number of nitrogens with zero attached hydrogens (tertiary/aromatic N) is 3. The Bertz CT molecular complexity index is 1340. The van der Waals surface area contributed by atoms with Crippen LogP contribution in [0.5, 0.6) is 5.75 Å². The molecular formula is C25H24FN5O2S. The summed E-state index contributed by atoms with van der Waals surface area (Å²) in [6.07, 6.45) is 6.71. The number of aryl methyl sites for hydroxylation is 1. The first kappa shape index (κ1) is 23.3. The summed E-state index contributed by atoms with van der Waals surface area (Å²) in [6.45, 7) is 1.88. The Kier molecular flexibility index (Phi) is 6.83. The van der Waals surface area contributed by atoms with Crippen molar-refractivity contribution in [3.8, 4) is 16.9 Å². The lowest BCUT2D eigenvalue weighted by molar-refractivity contribution is 0.102. The molecule has 7 nitrogen and oxygen atoms in total. The van der Waals surface area contributed by atoms with Gasteiger partial charge in [-0.3, -0.25) is 9.48 Å². The molecule has 2 aromatic heterocycles. The van der Waals surface area contributed by atoms with Crippen LogP contribution in [0, 0.1) is 5.82 Å². The van der Waals surface area contributed by atoms with Crippen molar-refractivity contribution in [3.05, 3.63) is 84.1 Å². The van der Waals surface area contributed by atoms with E-state index in [0.29, 0.717) is 16.3 Å². The molecule has 0 saturated carbocycles. The first-order valence-corrected chi connectivity index (χ1v) is 11.7. The average molecular weight is 478 g/mol. The van der Waals surface area contributed by atoms with E-state index in [9.17, 15) is 9.18 Å². The van der Waals surface area contributed by atoms with Crippen LogP contribution < -0.4 is 15.8 Å². The predicted molar refractivity (Wildman–Crippen MR) is 132 cm³/mol. The Morgan fingerprint density at radius 2 is 2.00 bits per heavy atom. The standard InChI is InChI=1S/C25H24FN5O2S/c1-15(33-22-11-18(12-28-24(22)27)19-13-29-31(2)14-19)16-5-4-6-20(9-16)30-25(32)17-7-8-23(34-3)21(26)10-17/h4-15H,1-3H3,(H2,27,28)(H,30,32)/t15-/m1/s1. The maximum absolute atomic E-state index is 14.1. The van der Waals surface area contributed by atoms with Gasteiger partial charge in [0.05, 0.1) is 6.20 Å². The molecule has 3 N–H and O–H groups in total. The van der Waals surface area contributed by atoms with Crippen LogP contribution in [0.4, 0.5) is 15.9 Å². The number of nitrogens with two attached hydrogens (primary N) is 1. The molecule has 9 heteroatoms. The largest absolute Gasteiger partial charge is 0.482 e. The summed E-state index contributed by atoms with van der Waals surface area (Å²) in [5.74, 6) is -0.0853. The number of hydrogen-bond acceptors (Lipinski definition) is 6. The third kappa shape index (κ3) is 5.20. The van der Waals surface area contributed by atoms with Crippen molar-refractivity contribution >= 4 is 29.2 Å². The maximum Gasteiger partial charge on any atom is 0.255 e. The number of carbonyl (C=O) groups is 1. The molecule has 4 aromatic rings. The van der Waals surface area contributed by atoms with Gasteiger partial charge in [-0.1, -0.05) is 12.1 Å². The van der Waals surface area contributed by atoms with E-state index in [1.165, 1.54) is 17.8 Å². The van der Waals surface area contributed by atoms with E-state index in [1.807, 2.05) is 44.4 Å². The third-order valence-electron chi connectivity index (χ3n) is 5.25. The van der Waals surface area contributed by atoms with E-state index in [4.69, 9.17) is 10.5 Å². The highest BCUT2D eigenvalue weighted by Crippen LogP contribution is 2.31. The number of amides is 1. The topological polar surface area (TPSA) is 95.1 Å². The fourth-order valence-corrected chi connectivity index (χ4v) is 3.87. The minimum Gasteiger partial charge on any atom is -0.482 e. The zero-order chi connectivity index (χ0) is 24.2. The molecule has 0 unspecified atom stereocenters. The van der Waals surface area contributed by atoms with E-state index in [0.717, 1.165) is 16.7 Å². The molecule has 0 aliphatic rings. The average Bonchev–Trinajstić information content (AvgIpc) is 3.26. The fourth-order valence-electron chi connectivity index (χ4n) is 3.42. The van der Waals surface area contributed by atoms with Gasteiger partial charge in [0.2, 0.25) is 0 Å². The van der Waals surface area contributed by atoms with Crippen molar-refractivity contribution in [2.45, 2.75) is 17.9 Å². The van der Waals surface area contributed by atoms with E-state index in [2.05, 4.69) is 15.4 Å². The molecule has 1 atom stereocenters. The molecular weight excluding hydrogens is 453 g/mol. The summed E-state index contributed by atoms with van der Waals surface area (Å²) >= 11 is 1.29. The predicted octanol–water partition coefficient (Wildman–Crippen LogP) is 5.32. The lowest BCUT2D eigenvalue weighted by atomic mass is 10.1. The monoisotopic (exact) mass is 477 g/mol. The van der Waals surface area contributed by atoms with E-state index in [-0.39, 0.29) is 17.5 Å². The van der Waals surface area contributed by atoms with Gasteiger partial charge in [0, 0.05) is 46.7 Å². The lowest BCUT2D eigenvalue weighted by Crippen LogP contribution is -2.13. The van der Waals surface area contributed by atoms with Gasteiger partial charge in [0.15, 0.2) is 11.6 Å². The zero-order valence-corrected chi connectivity index (χ0v) is 19.8. The van der Waals surface area contributed by atoms with Crippen molar-refractivity contribution in [1.82, 2.24) is 14.8 Å². The summed E-state index contributed by atoms with van der Waals surface area (Å²) in [4.78, 5) is 17.3. The van der Waals surface area contributed by atoms with Gasteiger partial charge in [-0.2, -0.15) is 5.10 Å². The minimum absolute atomic E-state index is 0.246. The fraction of sp³-hybridized carbons (Fsp3) is 0.160. The minimum atomic E-state index is -0.421. The Morgan fingerprint density at radius 1 is 1.18 bits per heavy atom. The van der Waals surface area contributed by atoms with Crippen molar-refractivity contribution < 1.29 is 13.9 Å². The summed E-state index contributed by atoms with van der Waals surface area (Å²) in [6, 6.07) is 13.5. The van der Waals surface area contributed by atoms with Crippen molar-refractivity contribution in [1.29, 1.82) is 0 Å². The second-order valence-corrected chi connectivity index (χ2v) is 8.55. The summed E-state index contributed by atoms with van der Waals surface area (Å²) in [5, 5.41) is 6.99. The van der Waals surface area contributed by atoms with Gasteiger partial charge in [0.1, 0.15) is 11.9 Å². The number of aromatic nitrogens is 3. The number of rotatable bonds is 7. The molecule has 0 radical (unpaired) electrons. The molecule has 174 valence electrons. The summed E-state index contributed by atoms with van der Waals surface area (Å²) < 4.78 is 21.9. The van der Waals surface area contributed by atoms with E-state index in [1.54, 1.807) is 41.5 Å². The lowest BCUT2D eigenvalue weighted by Gasteiger charge is -2.17. The van der Waals surface area contributed by atoms with Gasteiger partial charge >= 0.3 is 0 Å². The van der Waals surface area contributed by atoms with Crippen molar-refractivity contribution in [2.24, 2.45) is 7.05 Å². The quantitative estimate of drug-likeness (QED) is 0.350. The molecule has 0 fully saturated rings. The highest BCUT2D eigenvalue weighted by Gasteiger charge is 2.15. The molecule has 0 aliphatic heterocycles. The van der Waals surface area contributed by atoms with Gasteiger partial charge in [-0.25, -0.2) is 9.37 Å². The SMILES string of the molecule is CSc1ccc(C(=O)Nc2cccc([C@@H](C)Oc3cc(-c4cnn(C)c4)cnc3N)c2)cc1F. The number of thioether (sulfide) groups is 1. The van der Waals surface area contributed by atoms with Crippen LogP contribution in [-0.4, -0.2) is 26.9 Å². The van der Waals surface area contributed by atoms with Crippen molar-refractivity contribution in [2.75, 3.05) is 17.3 Å². The number of nitrogen functional groups attached to an aromatic ring is 1. The van der Waals surface area contributed by atoms with Gasteiger partial charge in [-0.15, -0.1) is 11.8 Å². The Labute approximate surface area is 201 Å². The Morgan fingerprint density at radius 3 is 2.71 bits per heavy atom. The highest BCUT2D eigenvalue weighted by atomic mass is 32.2. The number of halogens is 1. The Balaban J connectivity index is 1.49. The molecule has 0 saturated heterocycles. The number of hydrogen-bond donors (Lipinski definition) is 2. The molecule has 0 bridgehead atoms. The summed E-state index contributed by atoms with van der Waals surface area (Å²) in [7, 11) is 1.84. The van der Waals surface area contributed by atoms with E-state index >= 15 is 0 Å². The van der Waals surface area contributed by atoms with Crippen LogP contribution in [0.2, 0.25) is 0 Å². The van der Waals surface area contributed by atoms with Crippen LogP contribution in [0.25, 0.3) is 11.1 Å². The van der Waals surface area contributed by atoms with Gasteiger partial charge in [-0.05, 0) is 55.1 Å². The molecule has 0 spiro atoms. The molecule has 4 rings (SSSR count). The van der Waals surface area contributed by atoms with Crippen LogP contribution in [0.1, 0.15) is 28.9 Å². The highest BCUT2D eigenvalue weighted by molar-refractivity contribution is 7.98. The number of ether oxygens (including phenoxy) is 1. The summed E-state index contributed by atoms with van der Waals surface area (Å²) in [5.41, 5.74) is 9.43. The maximum atomic E-state index is 14.1. The molecule has 34 heavy (non-hydrogen) atoms. The molecule has 2 aromatic carbocycles. The number of nitrogens with one attached hydrogen (secondary N) is 1. The number of anilines is 2. The van der Waals surface area contributed by atoms with Gasteiger partial charge in [0.25, 0.3) is 5.91 Å². The van der Waals surface area contributed by atoms with Crippen LogP contribution in [-0.2, 0) is 7.05 Å². The normalized spacial score (nSPS) is 11.8. The third-order valence-corrected chi connectivity index (χ3v) is 6.02. The second kappa shape index (κ2) is 9.96. The molecule has 1 amide bonds. The van der Waals surface area contributed by atoms with Crippen LogP contribution >= 0.6 is 11.8 Å². The number of pyridine rings is 1. The molecule has 2 heterocycles. The van der Waals surface area contributed by atoms with Gasteiger partial charge < -0.3 is 15.8 Å². The Hall–Kier alpha value is -3.85. The number of carbonyl (C=O) groups excluding carboxylic acids is 1. The number of benzene rings is 2. The van der Waals surface area contributed by atoms with Crippen LogP contribution in [0.15, 0.2) is 72.0 Å². The van der Waals surface area contributed by atoms with Crippen LogP contribution in [0.3, 0.4) is 0 Å². The zero-order valence-electron chi connectivity index (χ0n) is 18.9. The smallest absolute Gasteiger partial charge is 0.255 e. The van der Waals surface area contributed by atoms with Crippen molar-refractivity contribution in [3.63, 3.8) is 0 Å². The first-order valence-electron chi connectivity index (χ1n) is 10.5. The molecule has 0 aliphatic carbocycles. The first-order chi connectivity index (χ1) is 16.3. The second-order valence-electron chi connectivity index (χ2n) is 7.70. The van der Waals surface area contributed by atoms with E-state index < -0.39 is 11.7 Å².